The van der Waals surface area contributed by atoms with Crippen molar-refractivity contribution in [3.05, 3.63) is 75.1 Å². The molecule has 1 N–H and O–H groups in total. The van der Waals surface area contributed by atoms with Crippen molar-refractivity contribution < 1.29 is 22.5 Å². The Labute approximate surface area is 168 Å². The van der Waals surface area contributed by atoms with Gasteiger partial charge in [-0.05, 0) is 25.1 Å². The van der Waals surface area contributed by atoms with Crippen molar-refractivity contribution in [2.24, 2.45) is 0 Å². The largest absolute Gasteiger partial charge is 0.304 e. The minimum absolute atomic E-state index is 0.252. The number of non-ortho nitro benzene ring substituents is 1. The number of carbonyl (C=O) groups is 1. The Hall–Kier alpha value is -3.38. The summed E-state index contributed by atoms with van der Waals surface area (Å²) in [4.78, 5) is 25.0. The Morgan fingerprint density at radius 1 is 1.28 bits per heavy atom. The molecule has 150 valence electrons. The maximum Gasteiger partial charge on any atom is 0.304 e. The number of para-hydroxylation sites is 1. The van der Waals surface area contributed by atoms with Crippen LogP contribution in [0.1, 0.15) is 16.4 Å². The average molecular weight is 440 g/mol. The first-order chi connectivity index (χ1) is 13.6. The number of aromatic nitrogens is 3. The standard InChI is InChI=1S/C16H11ClFN5O5S/c1-9-19-15(20-22(9)13-5-3-2-4-11(13)17)16(24)21-29(27,28)14-7-6-10(23(25)26)8-12(14)18/h2-8H,1H3,(H,21,24). The number of halogens is 2. The van der Waals surface area contributed by atoms with Crippen LogP contribution in [0.15, 0.2) is 47.4 Å². The van der Waals surface area contributed by atoms with E-state index in [2.05, 4.69) is 10.1 Å². The third-order valence-corrected chi connectivity index (χ3v) is 5.38. The number of sulfonamides is 1. The third-order valence-electron chi connectivity index (χ3n) is 3.70. The van der Waals surface area contributed by atoms with Crippen molar-refractivity contribution in [2.45, 2.75) is 11.8 Å². The average Bonchev–Trinajstić information content (AvgIpc) is 3.03. The van der Waals surface area contributed by atoms with E-state index in [1.54, 1.807) is 29.0 Å². The van der Waals surface area contributed by atoms with Gasteiger partial charge in [-0.15, -0.1) is 5.10 Å². The Balaban J connectivity index is 1.90. The highest BCUT2D eigenvalue weighted by atomic mass is 35.5. The number of amides is 1. The zero-order valence-corrected chi connectivity index (χ0v) is 16.1. The number of hydrogen-bond acceptors (Lipinski definition) is 7. The van der Waals surface area contributed by atoms with E-state index in [0.29, 0.717) is 22.8 Å². The van der Waals surface area contributed by atoms with Crippen LogP contribution >= 0.6 is 11.6 Å². The van der Waals surface area contributed by atoms with Crippen molar-refractivity contribution in [1.29, 1.82) is 0 Å². The number of nitrogens with one attached hydrogen (secondary N) is 1. The van der Waals surface area contributed by atoms with Crippen LogP contribution in [-0.4, -0.2) is 34.0 Å². The van der Waals surface area contributed by atoms with Crippen molar-refractivity contribution in [3.63, 3.8) is 0 Å². The Morgan fingerprint density at radius 3 is 2.59 bits per heavy atom. The van der Waals surface area contributed by atoms with Gasteiger partial charge < -0.3 is 0 Å². The highest BCUT2D eigenvalue weighted by Crippen LogP contribution is 2.22. The molecule has 2 aromatic carbocycles. The predicted octanol–water partition coefficient (Wildman–Crippen LogP) is 2.40. The second kappa shape index (κ2) is 7.56. The number of carbonyl (C=O) groups excluding carboxylic acids is 1. The zero-order chi connectivity index (χ0) is 21.3. The lowest BCUT2D eigenvalue weighted by Crippen LogP contribution is -2.32. The highest BCUT2D eigenvalue weighted by Gasteiger charge is 2.26. The molecule has 29 heavy (non-hydrogen) atoms. The molecule has 0 aliphatic rings. The summed E-state index contributed by atoms with van der Waals surface area (Å²) in [5, 5.41) is 14.9. The molecule has 0 unspecified atom stereocenters. The van der Waals surface area contributed by atoms with E-state index in [4.69, 9.17) is 11.6 Å². The first-order valence-corrected chi connectivity index (χ1v) is 9.66. The Morgan fingerprint density at radius 2 is 1.97 bits per heavy atom. The lowest BCUT2D eigenvalue weighted by atomic mass is 10.3. The summed E-state index contributed by atoms with van der Waals surface area (Å²) in [6.07, 6.45) is 0. The van der Waals surface area contributed by atoms with Crippen LogP contribution in [0.25, 0.3) is 5.69 Å². The van der Waals surface area contributed by atoms with Gasteiger partial charge in [0.2, 0.25) is 5.82 Å². The summed E-state index contributed by atoms with van der Waals surface area (Å²) in [5.41, 5.74) is -0.217. The van der Waals surface area contributed by atoms with Crippen LogP contribution < -0.4 is 4.72 Å². The van der Waals surface area contributed by atoms with Crippen molar-refractivity contribution in [3.8, 4) is 5.69 Å². The number of aryl methyl sites for hydroxylation is 1. The fourth-order valence-corrected chi connectivity index (χ4v) is 3.61. The van der Waals surface area contributed by atoms with Gasteiger partial charge in [0.15, 0.2) is 5.82 Å². The summed E-state index contributed by atoms with van der Waals surface area (Å²) >= 11 is 6.08. The SMILES string of the molecule is Cc1nc(C(=O)NS(=O)(=O)c2ccc([N+](=O)[O-])cc2F)nn1-c1ccccc1Cl. The van der Waals surface area contributed by atoms with Crippen molar-refractivity contribution >= 4 is 33.2 Å². The molecule has 0 saturated carbocycles. The van der Waals surface area contributed by atoms with E-state index < -0.39 is 43.1 Å². The predicted molar refractivity (Wildman–Crippen MR) is 98.8 cm³/mol. The van der Waals surface area contributed by atoms with Gasteiger partial charge >= 0.3 is 5.91 Å². The van der Waals surface area contributed by atoms with E-state index in [1.165, 1.54) is 11.6 Å². The highest BCUT2D eigenvalue weighted by molar-refractivity contribution is 7.90. The maximum atomic E-state index is 14.0. The Kier molecular flexibility index (Phi) is 5.31. The molecule has 1 aromatic heterocycles. The van der Waals surface area contributed by atoms with Crippen LogP contribution in [-0.2, 0) is 10.0 Å². The molecule has 3 rings (SSSR count). The van der Waals surface area contributed by atoms with E-state index in [0.717, 1.165) is 6.07 Å². The summed E-state index contributed by atoms with van der Waals surface area (Å²) in [6.45, 7) is 1.53. The lowest BCUT2D eigenvalue weighted by molar-refractivity contribution is -0.385. The molecule has 0 bridgehead atoms. The molecular formula is C16H11ClFN5O5S. The second-order valence-corrected chi connectivity index (χ2v) is 7.71. The molecule has 0 aliphatic heterocycles. The van der Waals surface area contributed by atoms with Crippen LogP contribution in [0.3, 0.4) is 0 Å². The van der Waals surface area contributed by atoms with Gasteiger partial charge in [-0.3, -0.25) is 14.9 Å². The van der Waals surface area contributed by atoms with E-state index in [9.17, 15) is 27.7 Å². The summed E-state index contributed by atoms with van der Waals surface area (Å²) in [5.74, 6) is -2.84. The topological polar surface area (TPSA) is 137 Å². The first-order valence-electron chi connectivity index (χ1n) is 7.80. The molecule has 3 aromatic rings. The quantitative estimate of drug-likeness (QED) is 0.476. The van der Waals surface area contributed by atoms with E-state index in [-0.39, 0.29) is 5.82 Å². The second-order valence-electron chi connectivity index (χ2n) is 5.65. The van der Waals surface area contributed by atoms with Gasteiger partial charge in [0, 0.05) is 6.07 Å². The Bertz CT molecular complexity index is 1240. The molecule has 0 aliphatic carbocycles. The molecular weight excluding hydrogens is 429 g/mol. The van der Waals surface area contributed by atoms with Crippen molar-refractivity contribution in [2.75, 3.05) is 0 Å². The van der Waals surface area contributed by atoms with Crippen LogP contribution in [0.4, 0.5) is 10.1 Å². The fraction of sp³-hybridized carbons (Fsp3) is 0.0625. The molecule has 1 heterocycles. The molecule has 10 nitrogen and oxygen atoms in total. The third kappa shape index (κ3) is 4.07. The molecule has 0 atom stereocenters. The van der Waals surface area contributed by atoms with Gasteiger partial charge in [-0.25, -0.2) is 27.2 Å². The maximum absolute atomic E-state index is 14.0. The number of rotatable bonds is 5. The first kappa shape index (κ1) is 20.4. The van der Waals surface area contributed by atoms with Crippen LogP contribution in [0.2, 0.25) is 5.02 Å². The molecule has 0 fully saturated rings. The number of nitro groups is 1. The van der Waals surface area contributed by atoms with Crippen LogP contribution in [0, 0.1) is 22.9 Å². The molecule has 1 amide bonds. The minimum Gasteiger partial charge on any atom is -0.264 e. The van der Waals surface area contributed by atoms with Gasteiger partial charge in [0.1, 0.15) is 10.7 Å². The minimum atomic E-state index is -4.67. The summed E-state index contributed by atoms with van der Waals surface area (Å²) in [7, 11) is -4.67. The van der Waals surface area contributed by atoms with Gasteiger partial charge in [-0.1, -0.05) is 23.7 Å². The number of benzene rings is 2. The van der Waals surface area contributed by atoms with Gasteiger partial charge in [-0.2, -0.15) is 0 Å². The van der Waals surface area contributed by atoms with Crippen molar-refractivity contribution in [1.82, 2.24) is 19.5 Å². The van der Waals surface area contributed by atoms with Crippen LogP contribution in [0.5, 0.6) is 0 Å². The monoisotopic (exact) mass is 439 g/mol. The van der Waals surface area contributed by atoms with Gasteiger partial charge in [0.05, 0.1) is 21.7 Å². The lowest BCUT2D eigenvalue weighted by Gasteiger charge is -2.06. The number of nitro benzene ring substituents is 1. The van der Waals surface area contributed by atoms with E-state index in [1.807, 2.05) is 0 Å². The number of nitrogens with zero attached hydrogens (tertiary/aromatic N) is 4. The molecule has 0 radical (unpaired) electrons. The summed E-state index contributed by atoms with van der Waals surface area (Å²) < 4.78 is 41.5. The molecule has 13 heteroatoms. The zero-order valence-electron chi connectivity index (χ0n) is 14.5. The number of hydrogen-bond donors (Lipinski definition) is 1. The fourth-order valence-electron chi connectivity index (χ4n) is 2.38. The molecule has 0 saturated heterocycles. The normalized spacial score (nSPS) is 11.3. The summed E-state index contributed by atoms with van der Waals surface area (Å²) in [6, 6.07) is 8.52. The van der Waals surface area contributed by atoms with E-state index >= 15 is 0 Å². The van der Waals surface area contributed by atoms with Gasteiger partial charge in [0.25, 0.3) is 15.7 Å². The molecule has 0 spiro atoms. The smallest absolute Gasteiger partial charge is 0.264 e.